The van der Waals surface area contributed by atoms with Crippen LogP contribution in [0.2, 0.25) is 0 Å². The summed E-state index contributed by atoms with van der Waals surface area (Å²) in [5, 5.41) is 0. The first-order valence-electron chi connectivity index (χ1n) is 7.42. The third kappa shape index (κ3) is 29.6. The van der Waals surface area contributed by atoms with E-state index in [0.717, 1.165) is 19.3 Å². The van der Waals surface area contributed by atoms with Gasteiger partial charge in [-0.15, -0.1) is 0 Å². The van der Waals surface area contributed by atoms with Crippen LogP contribution in [0.25, 0.3) is 0 Å². The average molecular weight is 256 g/mol. The first-order valence-corrected chi connectivity index (χ1v) is 6.92. The van der Waals surface area contributed by atoms with E-state index in [4.69, 9.17) is 1.37 Å². The van der Waals surface area contributed by atoms with Gasteiger partial charge < -0.3 is 0 Å². The summed E-state index contributed by atoms with van der Waals surface area (Å²) in [6, 6.07) is 0. The highest BCUT2D eigenvalue weighted by Gasteiger charge is 2.05. The van der Waals surface area contributed by atoms with E-state index in [1.165, 1.54) is 6.42 Å². The van der Waals surface area contributed by atoms with Crippen molar-refractivity contribution in [3.63, 3.8) is 0 Å². The van der Waals surface area contributed by atoms with Crippen LogP contribution in [0, 0.1) is 11.3 Å². The summed E-state index contributed by atoms with van der Waals surface area (Å²) in [6.45, 7) is 14.9. The van der Waals surface area contributed by atoms with Gasteiger partial charge in [-0.05, 0) is 37.0 Å². The molecule has 0 saturated carbocycles. The maximum atomic E-state index is 7.46. The van der Waals surface area contributed by atoms with Gasteiger partial charge in [0.05, 0.1) is 0 Å². The van der Waals surface area contributed by atoms with Gasteiger partial charge in [-0.25, -0.2) is 0 Å². The molecule has 0 saturated heterocycles. The molecule has 0 heterocycles. The van der Waals surface area contributed by atoms with Gasteiger partial charge in [0.1, 0.15) is 0 Å². The van der Waals surface area contributed by atoms with E-state index < -0.39 is 0 Å². The lowest BCUT2D eigenvalue weighted by atomic mass is 9.92. The quantitative estimate of drug-likeness (QED) is 0.463. The van der Waals surface area contributed by atoms with E-state index in [0.29, 0.717) is 5.41 Å². The van der Waals surface area contributed by atoms with E-state index >= 15 is 0 Å². The highest BCUT2D eigenvalue weighted by atomic mass is 14.1. The van der Waals surface area contributed by atoms with Crippen LogP contribution in [0.15, 0.2) is 24.3 Å². The molecule has 0 aliphatic heterocycles. The van der Waals surface area contributed by atoms with Crippen LogP contribution in [0.5, 0.6) is 0 Å². The third-order valence-corrected chi connectivity index (χ3v) is 2.06. The molecular formula is C18H38. The summed E-state index contributed by atoms with van der Waals surface area (Å²) in [4.78, 5) is 0. The average Bonchev–Trinajstić information content (AvgIpc) is 2.16. The largest absolute Gasteiger partial charge is 0.0888 e. The van der Waals surface area contributed by atoms with Gasteiger partial charge in [-0.1, -0.05) is 80.2 Å². The molecule has 0 nitrogen and oxygen atoms in total. The second-order valence-electron chi connectivity index (χ2n) is 5.94. The highest BCUT2D eigenvalue weighted by molar-refractivity contribution is 4.84. The molecule has 0 unspecified atom stereocenters. The topological polar surface area (TPSA) is 0 Å². The zero-order chi connectivity index (χ0) is 14.7. The summed E-state index contributed by atoms with van der Waals surface area (Å²) in [5.41, 5.74) is 0.464. The molecule has 0 fully saturated rings. The van der Waals surface area contributed by atoms with Crippen molar-refractivity contribution in [2.24, 2.45) is 11.3 Å². The van der Waals surface area contributed by atoms with Crippen molar-refractivity contribution in [2.75, 3.05) is 0 Å². The molecule has 0 bridgehead atoms. The van der Waals surface area contributed by atoms with Crippen molar-refractivity contribution in [3.05, 3.63) is 24.3 Å². The molecular weight excluding hydrogens is 216 g/mol. The molecule has 0 radical (unpaired) electrons. The van der Waals surface area contributed by atoms with E-state index in [2.05, 4.69) is 58.9 Å². The van der Waals surface area contributed by atoms with Crippen molar-refractivity contribution in [1.82, 2.24) is 0 Å². The summed E-state index contributed by atoms with van der Waals surface area (Å²) in [6.07, 6.45) is 13.0. The molecule has 18 heavy (non-hydrogen) atoms. The van der Waals surface area contributed by atoms with E-state index in [9.17, 15) is 0 Å². The summed E-state index contributed by atoms with van der Waals surface area (Å²) in [5.74, 6) is -0.286. The maximum absolute atomic E-state index is 7.46. The van der Waals surface area contributed by atoms with Crippen molar-refractivity contribution in [3.8, 4) is 0 Å². The standard InChI is InChI=1S/C9H18.C8H16.CH4/c1-5-6-7-8-9(2,3)4;1-4-5-6-7-8(2)3;/h6-7H,5,8H2,1-4H3;5-6,8H,4,7H2,1-3H3;1H4/i;8D;. The SMILES string of the molecule is C.CCC=CCC(C)(C)C.[2H]C(C)(C)CC=CCC. The summed E-state index contributed by atoms with van der Waals surface area (Å²) in [7, 11) is 0. The second kappa shape index (κ2) is 14.5. The number of hydrogen-bond donors (Lipinski definition) is 0. The highest BCUT2D eigenvalue weighted by Crippen LogP contribution is 2.18. The first kappa shape index (κ1) is 19.8. The molecule has 0 aromatic rings. The second-order valence-corrected chi connectivity index (χ2v) is 5.94. The van der Waals surface area contributed by atoms with Gasteiger partial charge in [-0.3, -0.25) is 0 Å². The monoisotopic (exact) mass is 255 g/mol. The van der Waals surface area contributed by atoms with Crippen molar-refractivity contribution >= 4 is 0 Å². The minimum Gasteiger partial charge on any atom is -0.0888 e. The fourth-order valence-corrected chi connectivity index (χ4v) is 1.09. The first-order chi connectivity index (χ1) is 8.12. The van der Waals surface area contributed by atoms with Gasteiger partial charge in [0.25, 0.3) is 0 Å². The van der Waals surface area contributed by atoms with Crippen LogP contribution < -0.4 is 0 Å². The Labute approximate surface area is 119 Å². The van der Waals surface area contributed by atoms with Crippen LogP contribution in [0.4, 0.5) is 0 Å². The van der Waals surface area contributed by atoms with Crippen LogP contribution in [-0.4, -0.2) is 0 Å². The maximum Gasteiger partial charge on any atom is 0.0300 e. The number of rotatable bonds is 5. The van der Waals surface area contributed by atoms with Crippen LogP contribution >= 0.6 is 0 Å². The lowest BCUT2D eigenvalue weighted by Crippen LogP contribution is -2.01. The molecule has 0 spiro atoms. The van der Waals surface area contributed by atoms with Gasteiger partial charge in [-0.2, -0.15) is 0 Å². The van der Waals surface area contributed by atoms with Gasteiger partial charge in [0.2, 0.25) is 0 Å². The molecule has 110 valence electrons. The van der Waals surface area contributed by atoms with Crippen molar-refractivity contribution in [2.45, 2.75) is 81.6 Å². The lowest BCUT2D eigenvalue weighted by Gasteiger charge is -2.14. The summed E-state index contributed by atoms with van der Waals surface area (Å²) >= 11 is 0. The fraction of sp³-hybridized carbons (Fsp3) is 0.778. The molecule has 0 rings (SSSR count). The fourth-order valence-electron chi connectivity index (χ4n) is 1.09. The molecule has 0 heteroatoms. The van der Waals surface area contributed by atoms with Gasteiger partial charge >= 0.3 is 0 Å². The predicted molar refractivity (Wildman–Crippen MR) is 89.1 cm³/mol. The zero-order valence-electron chi connectivity index (χ0n) is 14.1. The predicted octanol–water partition coefficient (Wildman–Crippen LogP) is 7.02. The van der Waals surface area contributed by atoms with Crippen molar-refractivity contribution < 1.29 is 1.37 Å². The van der Waals surface area contributed by atoms with E-state index in [1.54, 1.807) is 0 Å². The zero-order valence-corrected chi connectivity index (χ0v) is 13.1. The smallest absolute Gasteiger partial charge is 0.0300 e. The number of allylic oxidation sites excluding steroid dienone is 4. The molecule has 0 atom stereocenters. The van der Waals surface area contributed by atoms with E-state index in [1.807, 2.05) is 13.8 Å². The number of hydrogen-bond acceptors (Lipinski definition) is 0. The Morgan fingerprint density at radius 1 is 0.944 bits per heavy atom. The normalized spacial score (nSPS) is 12.9. The van der Waals surface area contributed by atoms with Crippen LogP contribution in [-0.2, 0) is 0 Å². The van der Waals surface area contributed by atoms with E-state index in [-0.39, 0.29) is 13.3 Å². The minimum atomic E-state index is -0.286. The lowest BCUT2D eigenvalue weighted by molar-refractivity contribution is 0.420. The van der Waals surface area contributed by atoms with Gasteiger partial charge in [0, 0.05) is 1.37 Å². The Balaban J connectivity index is -0.000000256. The molecule has 0 N–H and O–H groups in total. The Bertz CT molecular complexity index is 197. The Hall–Kier alpha value is -0.520. The van der Waals surface area contributed by atoms with Crippen LogP contribution in [0.3, 0.4) is 0 Å². The van der Waals surface area contributed by atoms with Crippen LogP contribution in [0.1, 0.15) is 82.9 Å². The Morgan fingerprint density at radius 3 is 1.72 bits per heavy atom. The molecule has 0 aliphatic rings. The van der Waals surface area contributed by atoms with Crippen molar-refractivity contribution in [1.29, 1.82) is 0 Å². The molecule has 0 aromatic heterocycles. The molecule has 0 aliphatic carbocycles. The summed E-state index contributed by atoms with van der Waals surface area (Å²) < 4.78 is 7.46. The minimum absolute atomic E-state index is 0. The molecule has 0 amide bonds. The Kier molecular flexibility index (Phi) is 16.0. The molecule has 0 aromatic carbocycles. The third-order valence-electron chi connectivity index (χ3n) is 2.06. The van der Waals surface area contributed by atoms with Gasteiger partial charge in [0.15, 0.2) is 0 Å². The Morgan fingerprint density at radius 2 is 1.39 bits per heavy atom.